The summed E-state index contributed by atoms with van der Waals surface area (Å²) in [5.41, 5.74) is 2.38. The van der Waals surface area contributed by atoms with Gasteiger partial charge in [-0.2, -0.15) is 0 Å². The second-order valence-corrected chi connectivity index (χ2v) is 8.46. The Morgan fingerprint density at radius 2 is 1.59 bits per heavy atom. The van der Waals surface area contributed by atoms with Crippen LogP contribution in [0.5, 0.6) is 5.75 Å². The van der Waals surface area contributed by atoms with Crippen molar-refractivity contribution in [1.29, 1.82) is 0 Å². The van der Waals surface area contributed by atoms with E-state index in [1.165, 1.54) is 4.31 Å². The van der Waals surface area contributed by atoms with Crippen molar-refractivity contribution < 1.29 is 13.2 Å². The molecular formula is C23H26N2O3S. The summed E-state index contributed by atoms with van der Waals surface area (Å²) in [6.07, 6.45) is 0.683. The van der Waals surface area contributed by atoms with Gasteiger partial charge >= 0.3 is 0 Å². The Bertz CT molecular complexity index is 1020. The van der Waals surface area contributed by atoms with E-state index in [0.717, 1.165) is 17.7 Å². The molecule has 5 nitrogen and oxygen atoms in total. The zero-order valence-corrected chi connectivity index (χ0v) is 17.5. The predicted molar refractivity (Wildman–Crippen MR) is 118 cm³/mol. The predicted octanol–water partition coefficient (Wildman–Crippen LogP) is 4.17. The SMILES string of the molecule is CNCCCN(c1ccc(OC)cc1-c1ccccc1)S(=O)(=O)c1ccccc1. The van der Waals surface area contributed by atoms with Gasteiger partial charge in [0, 0.05) is 12.1 Å². The molecule has 0 atom stereocenters. The average molecular weight is 411 g/mol. The van der Waals surface area contributed by atoms with Crippen LogP contribution in [0.25, 0.3) is 11.1 Å². The number of ether oxygens (including phenoxy) is 1. The first-order chi connectivity index (χ1) is 14.1. The molecule has 0 radical (unpaired) electrons. The number of benzene rings is 3. The van der Waals surface area contributed by atoms with E-state index in [9.17, 15) is 8.42 Å². The zero-order chi connectivity index (χ0) is 20.7. The fraction of sp³-hybridized carbons (Fsp3) is 0.217. The smallest absolute Gasteiger partial charge is 0.264 e. The molecule has 0 amide bonds. The van der Waals surface area contributed by atoms with Crippen LogP contribution in [-0.4, -0.2) is 35.7 Å². The molecule has 0 saturated carbocycles. The van der Waals surface area contributed by atoms with E-state index in [1.54, 1.807) is 37.4 Å². The summed E-state index contributed by atoms with van der Waals surface area (Å²) in [5, 5.41) is 3.09. The topological polar surface area (TPSA) is 58.6 Å². The summed E-state index contributed by atoms with van der Waals surface area (Å²) in [6, 6.07) is 23.8. The van der Waals surface area contributed by atoms with Crippen LogP contribution in [0.3, 0.4) is 0 Å². The van der Waals surface area contributed by atoms with Crippen molar-refractivity contribution in [2.24, 2.45) is 0 Å². The molecule has 0 saturated heterocycles. The summed E-state index contributed by atoms with van der Waals surface area (Å²) in [5.74, 6) is 0.680. The summed E-state index contributed by atoms with van der Waals surface area (Å²) >= 11 is 0. The second-order valence-electron chi connectivity index (χ2n) is 6.60. The van der Waals surface area contributed by atoms with Crippen LogP contribution < -0.4 is 14.4 Å². The maximum absolute atomic E-state index is 13.5. The standard InChI is InChI=1S/C23H26N2O3S/c1-24-16-9-17-25(29(26,27)21-12-7-4-8-13-21)23-15-14-20(28-2)18-22(23)19-10-5-3-6-11-19/h3-8,10-15,18,24H,9,16-17H2,1-2H3. The molecule has 3 rings (SSSR count). The molecule has 0 aliphatic rings. The molecule has 152 valence electrons. The van der Waals surface area contributed by atoms with Gasteiger partial charge < -0.3 is 10.1 Å². The van der Waals surface area contributed by atoms with Gasteiger partial charge in [-0.1, -0.05) is 48.5 Å². The van der Waals surface area contributed by atoms with E-state index in [1.807, 2.05) is 55.6 Å². The van der Waals surface area contributed by atoms with Gasteiger partial charge in [0.25, 0.3) is 10.0 Å². The molecule has 3 aromatic rings. The van der Waals surface area contributed by atoms with Crippen LogP contribution in [0.4, 0.5) is 5.69 Å². The van der Waals surface area contributed by atoms with Crippen LogP contribution in [0.15, 0.2) is 83.8 Å². The van der Waals surface area contributed by atoms with Crippen LogP contribution in [0.2, 0.25) is 0 Å². The van der Waals surface area contributed by atoms with Gasteiger partial charge in [-0.05, 0) is 55.9 Å². The van der Waals surface area contributed by atoms with E-state index in [4.69, 9.17) is 4.74 Å². The average Bonchev–Trinajstić information content (AvgIpc) is 2.77. The molecule has 3 aromatic carbocycles. The molecule has 0 aliphatic heterocycles. The number of nitrogens with zero attached hydrogens (tertiary/aromatic N) is 1. The molecule has 0 unspecified atom stereocenters. The highest BCUT2D eigenvalue weighted by atomic mass is 32.2. The Labute approximate surface area is 173 Å². The van der Waals surface area contributed by atoms with Gasteiger partial charge in [-0.15, -0.1) is 0 Å². The van der Waals surface area contributed by atoms with E-state index < -0.39 is 10.0 Å². The minimum Gasteiger partial charge on any atom is -0.497 e. The molecule has 6 heteroatoms. The Morgan fingerprint density at radius 3 is 2.21 bits per heavy atom. The number of sulfonamides is 1. The molecule has 0 fully saturated rings. The van der Waals surface area contributed by atoms with Crippen LogP contribution >= 0.6 is 0 Å². The van der Waals surface area contributed by atoms with Crippen molar-refractivity contribution in [2.75, 3.05) is 31.6 Å². The Kier molecular flexibility index (Phi) is 6.90. The lowest BCUT2D eigenvalue weighted by Crippen LogP contribution is -2.33. The normalized spacial score (nSPS) is 11.2. The zero-order valence-electron chi connectivity index (χ0n) is 16.7. The lowest BCUT2D eigenvalue weighted by molar-refractivity contribution is 0.415. The highest BCUT2D eigenvalue weighted by Crippen LogP contribution is 2.36. The molecule has 0 aromatic heterocycles. The van der Waals surface area contributed by atoms with Gasteiger partial charge in [0.15, 0.2) is 0 Å². The van der Waals surface area contributed by atoms with Gasteiger partial charge in [0.2, 0.25) is 0 Å². The Balaban J connectivity index is 2.16. The van der Waals surface area contributed by atoms with Gasteiger partial charge in [-0.3, -0.25) is 4.31 Å². The van der Waals surface area contributed by atoms with Crippen LogP contribution in [-0.2, 0) is 10.0 Å². The van der Waals surface area contributed by atoms with E-state index in [0.29, 0.717) is 24.4 Å². The van der Waals surface area contributed by atoms with Gasteiger partial charge in [0.1, 0.15) is 5.75 Å². The van der Waals surface area contributed by atoms with Crippen molar-refractivity contribution in [1.82, 2.24) is 5.32 Å². The highest BCUT2D eigenvalue weighted by molar-refractivity contribution is 7.92. The summed E-state index contributed by atoms with van der Waals surface area (Å²) in [4.78, 5) is 0.277. The van der Waals surface area contributed by atoms with Crippen molar-refractivity contribution in [2.45, 2.75) is 11.3 Å². The van der Waals surface area contributed by atoms with Crippen molar-refractivity contribution in [3.05, 3.63) is 78.9 Å². The summed E-state index contributed by atoms with van der Waals surface area (Å²) in [6.45, 7) is 1.09. The Hall–Kier alpha value is -2.83. The molecule has 0 spiro atoms. The van der Waals surface area contributed by atoms with Crippen molar-refractivity contribution >= 4 is 15.7 Å². The molecule has 0 heterocycles. The third kappa shape index (κ3) is 4.78. The maximum atomic E-state index is 13.5. The summed E-state index contributed by atoms with van der Waals surface area (Å²) in [7, 11) is -0.254. The minimum atomic E-state index is -3.72. The Morgan fingerprint density at radius 1 is 0.931 bits per heavy atom. The summed E-state index contributed by atoms with van der Waals surface area (Å²) < 4.78 is 34.0. The van der Waals surface area contributed by atoms with E-state index in [-0.39, 0.29) is 4.90 Å². The van der Waals surface area contributed by atoms with Crippen molar-refractivity contribution in [3.63, 3.8) is 0 Å². The fourth-order valence-electron chi connectivity index (χ4n) is 3.20. The highest BCUT2D eigenvalue weighted by Gasteiger charge is 2.27. The first-order valence-corrected chi connectivity index (χ1v) is 11.0. The van der Waals surface area contributed by atoms with Gasteiger partial charge in [0.05, 0.1) is 17.7 Å². The molecule has 0 aliphatic carbocycles. The largest absolute Gasteiger partial charge is 0.497 e. The van der Waals surface area contributed by atoms with Gasteiger partial charge in [-0.25, -0.2) is 8.42 Å². The van der Waals surface area contributed by atoms with E-state index in [2.05, 4.69) is 5.32 Å². The molecule has 0 bridgehead atoms. The third-order valence-electron chi connectivity index (χ3n) is 4.68. The fourth-order valence-corrected chi connectivity index (χ4v) is 4.74. The van der Waals surface area contributed by atoms with Crippen LogP contribution in [0, 0.1) is 0 Å². The number of hydrogen-bond acceptors (Lipinski definition) is 4. The second kappa shape index (κ2) is 9.58. The molecule has 1 N–H and O–H groups in total. The van der Waals surface area contributed by atoms with Crippen LogP contribution in [0.1, 0.15) is 6.42 Å². The number of rotatable bonds is 9. The molecular weight excluding hydrogens is 384 g/mol. The first kappa shape index (κ1) is 20.9. The lowest BCUT2D eigenvalue weighted by atomic mass is 10.0. The maximum Gasteiger partial charge on any atom is 0.264 e. The number of anilines is 1. The third-order valence-corrected chi connectivity index (χ3v) is 6.50. The first-order valence-electron chi connectivity index (χ1n) is 9.54. The van der Waals surface area contributed by atoms with E-state index >= 15 is 0 Å². The molecule has 29 heavy (non-hydrogen) atoms. The number of hydrogen-bond donors (Lipinski definition) is 1. The quantitative estimate of drug-likeness (QED) is 0.538. The number of nitrogens with one attached hydrogen (secondary N) is 1. The minimum absolute atomic E-state index is 0.277. The monoisotopic (exact) mass is 410 g/mol. The van der Waals surface area contributed by atoms with Crippen molar-refractivity contribution in [3.8, 4) is 16.9 Å². The number of methoxy groups -OCH3 is 1. The lowest BCUT2D eigenvalue weighted by Gasteiger charge is -2.27.